The van der Waals surface area contributed by atoms with Crippen LogP contribution in [0.3, 0.4) is 0 Å². The number of anilines is 1. The van der Waals surface area contributed by atoms with E-state index in [1.807, 2.05) is 12.1 Å². The van der Waals surface area contributed by atoms with Gasteiger partial charge in [0.15, 0.2) is 0 Å². The Morgan fingerprint density at radius 3 is 2.17 bits per heavy atom. The third-order valence-electron chi connectivity index (χ3n) is 6.58. The van der Waals surface area contributed by atoms with E-state index in [4.69, 9.17) is 0 Å². The van der Waals surface area contributed by atoms with E-state index in [1.54, 1.807) is 0 Å². The van der Waals surface area contributed by atoms with Gasteiger partial charge >= 0.3 is 0 Å². The van der Waals surface area contributed by atoms with Crippen LogP contribution in [0.2, 0.25) is 0 Å². The van der Waals surface area contributed by atoms with Gasteiger partial charge in [0.2, 0.25) is 11.8 Å². The van der Waals surface area contributed by atoms with Crippen molar-refractivity contribution >= 4 is 17.5 Å². The Balaban J connectivity index is 1.18. The lowest BCUT2D eigenvalue weighted by Crippen LogP contribution is -2.49. The van der Waals surface area contributed by atoms with Crippen LogP contribution in [0.1, 0.15) is 51.0 Å². The molecule has 1 aromatic rings. The summed E-state index contributed by atoms with van der Waals surface area (Å²) in [5.74, 6) is 0.492. The highest BCUT2D eigenvalue weighted by molar-refractivity contribution is 5.88. The van der Waals surface area contributed by atoms with E-state index in [0.29, 0.717) is 18.0 Å². The van der Waals surface area contributed by atoms with Crippen molar-refractivity contribution in [3.8, 4) is 0 Å². The Hall–Kier alpha value is -1.92. The number of piperidine rings is 2. The summed E-state index contributed by atoms with van der Waals surface area (Å²) < 4.78 is 0. The van der Waals surface area contributed by atoms with Crippen LogP contribution in [0.15, 0.2) is 24.3 Å². The van der Waals surface area contributed by atoms with Crippen LogP contribution in [0, 0.1) is 5.92 Å². The first kappa shape index (κ1) is 20.4. The SMILES string of the molecule is CC(=O)Nc1ccc(CN2CCC(N3CCC(C(=O)NC4CC4)CC3)CC2)cc1. The molecule has 4 rings (SSSR count). The van der Waals surface area contributed by atoms with Crippen LogP contribution >= 0.6 is 0 Å². The lowest BCUT2D eigenvalue weighted by Gasteiger charge is -2.41. The monoisotopic (exact) mass is 398 g/mol. The summed E-state index contributed by atoms with van der Waals surface area (Å²) >= 11 is 0. The minimum Gasteiger partial charge on any atom is -0.353 e. The van der Waals surface area contributed by atoms with Gasteiger partial charge in [-0.05, 0) is 82.4 Å². The number of hydrogen-bond acceptors (Lipinski definition) is 4. The molecule has 29 heavy (non-hydrogen) atoms. The van der Waals surface area contributed by atoms with Crippen LogP contribution in [0.4, 0.5) is 5.69 Å². The van der Waals surface area contributed by atoms with Crippen LogP contribution < -0.4 is 10.6 Å². The Bertz CT molecular complexity index is 700. The molecule has 0 atom stereocenters. The lowest BCUT2D eigenvalue weighted by atomic mass is 9.92. The Morgan fingerprint density at radius 2 is 1.59 bits per heavy atom. The first-order valence-corrected chi connectivity index (χ1v) is 11.2. The largest absolute Gasteiger partial charge is 0.353 e. The minimum atomic E-state index is -0.0348. The smallest absolute Gasteiger partial charge is 0.223 e. The van der Waals surface area contributed by atoms with Crippen molar-refractivity contribution in [1.82, 2.24) is 15.1 Å². The fraction of sp³-hybridized carbons (Fsp3) is 0.652. The molecule has 0 aromatic heterocycles. The predicted octanol–water partition coefficient (Wildman–Crippen LogP) is 2.60. The number of hydrogen-bond donors (Lipinski definition) is 2. The molecule has 2 N–H and O–H groups in total. The van der Waals surface area contributed by atoms with Gasteiger partial charge in [0.25, 0.3) is 0 Å². The number of likely N-dealkylation sites (tertiary alicyclic amines) is 2. The molecule has 1 saturated carbocycles. The molecule has 158 valence electrons. The van der Waals surface area contributed by atoms with Gasteiger partial charge in [-0.2, -0.15) is 0 Å². The Morgan fingerprint density at radius 1 is 0.931 bits per heavy atom. The summed E-state index contributed by atoms with van der Waals surface area (Å²) in [5, 5.41) is 5.99. The molecule has 0 bridgehead atoms. The number of benzene rings is 1. The van der Waals surface area contributed by atoms with E-state index in [2.05, 4.69) is 32.6 Å². The zero-order valence-electron chi connectivity index (χ0n) is 17.5. The lowest BCUT2D eigenvalue weighted by molar-refractivity contribution is -0.126. The van der Waals surface area contributed by atoms with Crippen LogP contribution in [0.25, 0.3) is 0 Å². The molecule has 2 aliphatic heterocycles. The molecule has 3 fully saturated rings. The van der Waals surface area contributed by atoms with Gasteiger partial charge in [0.05, 0.1) is 0 Å². The number of carbonyl (C=O) groups is 2. The molecule has 3 aliphatic rings. The van der Waals surface area contributed by atoms with Gasteiger partial charge in [-0.25, -0.2) is 0 Å². The molecule has 2 saturated heterocycles. The Labute approximate surface area is 174 Å². The van der Waals surface area contributed by atoms with Gasteiger partial charge in [-0.3, -0.25) is 14.5 Å². The van der Waals surface area contributed by atoms with Crippen molar-refractivity contribution in [3.63, 3.8) is 0 Å². The molecule has 6 heteroatoms. The van der Waals surface area contributed by atoms with Gasteiger partial charge < -0.3 is 15.5 Å². The van der Waals surface area contributed by atoms with E-state index in [1.165, 1.54) is 38.2 Å². The summed E-state index contributed by atoms with van der Waals surface area (Å²) in [6.45, 7) is 6.89. The zero-order chi connectivity index (χ0) is 20.2. The normalized spacial score (nSPS) is 22.4. The van der Waals surface area contributed by atoms with Crippen LogP contribution in [-0.4, -0.2) is 59.9 Å². The molecular weight excluding hydrogens is 364 g/mol. The third-order valence-corrected chi connectivity index (χ3v) is 6.58. The fourth-order valence-electron chi connectivity index (χ4n) is 4.67. The second kappa shape index (κ2) is 9.26. The van der Waals surface area contributed by atoms with Crippen molar-refractivity contribution in [1.29, 1.82) is 0 Å². The maximum absolute atomic E-state index is 12.3. The van der Waals surface area contributed by atoms with Crippen molar-refractivity contribution < 1.29 is 9.59 Å². The molecule has 1 aromatic carbocycles. The predicted molar refractivity (Wildman–Crippen MR) is 115 cm³/mol. The van der Waals surface area contributed by atoms with E-state index >= 15 is 0 Å². The highest BCUT2D eigenvalue weighted by Gasteiger charge is 2.32. The van der Waals surface area contributed by atoms with E-state index < -0.39 is 0 Å². The summed E-state index contributed by atoms with van der Waals surface area (Å²) in [6.07, 6.45) is 6.79. The number of nitrogens with zero attached hydrogens (tertiary/aromatic N) is 2. The van der Waals surface area contributed by atoms with E-state index in [0.717, 1.165) is 51.3 Å². The fourth-order valence-corrected chi connectivity index (χ4v) is 4.67. The van der Waals surface area contributed by atoms with E-state index in [9.17, 15) is 9.59 Å². The first-order valence-electron chi connectivity index (χ1n) is 11.2. The molecule has 6 nitrogen and oxygen atoms in total. The summed E-state index contributed by atoms with van der Waals surface area (Å²) in [4.78, 5) is 28.5. The summed E-state index contributed by atoms with van der Waals surface area (Å²) in [5.41, 5.74) is 2.15. The maximum Gasteiger partial charge on any atom is 0.223 e. The molecule has 0 radical (unpaired) electrons. The quantitative estimate of drug-likeness (QED) is 0.773. The maximum atomic E-state index is 12.3. The minimum absolute atomic E-state index is 0.0348. The first-order chi connectivity index (χ1) is 14.1. The van der Waals surface area contributed by atoms with Crippen molar-refractivity contribution in [2.24, 2.45) is 5.92 Å². The average molecular weight is 399 g/mol. The number of rotatable bonds is 6. The van der Waals surface area contributed by atoms with Crippen molar-refractivity contribution in [3.05, 3.63) is 29.8 Å². The van der Waals surface area contributed by atoms with Gasteiger partial charge in [0, 0.05) is 37.2 Å². The molecular formula is C23H34N4O2. The average Bonchev–Trinajstić information content (AvgIpc) is 3.54. The second-order valence-corrected chi connectivity index (χ2v) is 8.98. The molecule has 0 spiro atoms. The molecule has 0 unspecified atom stereocenters. The van der Waals surface area contributed by atoms with Gasteiger partial charge in [0.1, 0.15) is 0 Å². The highest BCUT2D eigenvalue weighted by Crippen LogP contribution is 2.26. The number of carbonyl (C=O) groups excluding carboxylic acids is 2. The molecule has 2 heterocycles. The van der Waals surface area contributed by atoms with Crippen LogP contribution in [0.5, 0.6) is 0 Å². The number of nitrogens with one attached hydrogen (secondary N) is 2. The summed E-state index contributed by atoms with van der Waals surface area (Å²) in [7, 11) is 0. The van der Waals surface area contributed by atoms with E-state index in [-0.39, 0.29) is 11.8 Å². The zero-order valence-corrected chi connectivity index (χ0v) is 17.5. The number of amides is 2. The standard InChI is InChI=1S/C23H34N4O2/c1-17(28)24-20-4-2-18(3-5-20)16-26-12-10-22(11-13-26)27-14-8-19(9-15-27)23(29)25-21-6-7-21/h2-5,19,21-22H,6-16H2,1H3,(H,24,28)(H,25,29). The van der Waals surface area contributed by atoms with Gasteiger partial charge in [-0.15, -0.1) is 0 Å². The third kappa shape index (κ3) is 5.80. The Kier molecular flexibility index (Phi) is 6.50. The van der Waals surface area contributed by atoms with Crippen LogP contribution in [-0.2, 0) is 16.1 Å². The molecule has 2 amide bonds. The van der Waals surface area contributed by atoms with Crippen molar-refractivity contribution in [2.75, 3.05) is 31.5 Å². The molecule has 1 aliphatic carbocycles. The highest BCUT2D eigenvalue weighted by atomic mass is 16.2. The second-order valence-electron chi connectivity index (χ2n) is 8.98. The van der Waals surface area contributed by atoms with Crippen molar-refractivity contribution in [2.45, 2.75) is 64.1 Å². The topological polar surface area (TPSA) is 64.7 Å². The summed E-state index contributed by atoms with van der Waals surface area (Å²) in [6, 6.07) is 9.32. The van der Waals surface area contributed by atoms with Gasteiger partial charge in [-0.1, -0.05) is 12.1 Å².